The van der Waals surface area contributed by atoms with Gasteiger partial charge in [-0.3, -0.25) is 4.90 Å². The van der Waals surface area contributed by atoms with Gasteiger partial charge >= 0.3 is 12.1 Å². The molecule has 5 rings (SSSR count). The Morgan fingerprint density at radius 2 is 1.69 bits per heavy atom. The summed E-state index contributed by atoms with van der Waals surface area (Å²) in [6.07, 6.45) is -0.544. The van der Waals surface area contributed by atoms with E-state index in [2.05, 4.69) is 6.07 Å². The van der Waals surface area contributed by atoms with E-state index in [4.69, 9.17) is 14.2 Å². The second-order valence-corrected chi connectivity index (χ2v) is 11.7. The third-order valence-corrected chi connectivity index (χ3v) is 7.65. The van der Waals surface area contributed by atoms with Gasteiger partial charge in [0.05, 0.1) is 25.3 Å². The van der Waals surface area contributed by atoms with Crippen molar-refractivity contribution in [1.82, 2.24) is 4.90 Å². The molecule has 218 valence electrons. The number of benzene rings is 4. The molecule has 1 amide bonds. The van der Waals surface area contributed by atoms with Crippen LogP contribution in [0, 0.1) is 5.82 Å². The number of esters is 1. The Kier molecular flexibility index (Phi) is 8.21. The van der Waals surface area contributed by atoms with E-state index < -0.39 is 35.5 Å². The van der Waals surface area contributed by atoms with E-state index in [0.29, 0.717) is 17.7 Å². The van der Waals surface area contributed by atoms with Crippen molar-refractivity contribution in [2.45, 2.75) is 57.8 Å². The molecular weight excluding hydrogens is 533 g/mol. The first-order valence-electron chi connectivity index (χ1n) is 14.2. The summed E-state index contributed by atoms with van der Waals surface area (Å²) in [5.41, 5.74) is 1.76. The van der Waals surface area contributed by atoms with Crippen LogP contribution in [0.5, 0.6) is 5.75 Å². The van der Waals surface area contributed by atoms with Crippen LogP contribution in [0.25, 0.3) is 10.8 Å². The first kappa shape index (κ1) is 29.1. The topological polar surface area (TPSA) is 65.1 Å². The number of hydrogen-bond donors (Lipinski definition) is 0. The van der Waals surface area contributed by atoms with Crippen LogP contribution in [0.15, 0.2) is 84.9 Å². The van der Waals surface area contributed by atoms with E-state index in [1.807, 2.05) is 88.4 Å². The zero-order chi connectivity index (χ0) is 30.0. The number of halogens is 1. The number of carbonyl (C=O) groups is 2. The fourth-order valence-corrected chi connectivity index (χ4v) is 5.67. The van der Waals surface area contributed by atoms with E-state index >= 15 is 4.39 Å². The average molecular weight is 570 g/mol. The minimum Gasteiger partial charge on any atom is -0.488 e. The predicted octanol–water partition coefficient (Wildman–Crippen LogP) is 8.05. The Hall–Kier alpha value is -4.39. The van der Waals surface area contributed by atoms with Crippen LogP contribution in [-0.4, -0.2) is 42.3 Å². The molecule has 0 N–H and O–H groups in total. The molecule has 0 radical (unpaired) electrons. The number of hydrogen-bond acceptors (Lipinski definition) is 5. The van der Waals surface area contributed by atoms with E-state index in [1.54, 1.807) is 11.0 Å². The number of ether oxygens (including phenoxy) is 3. The van der Waals surface area contributed by atoms with E-state index in [1.165, 1.54) is 19.2 Å². The summed E-state index contributed by atoms with van der Waals surface area (Å²) in [6, 6.07) is 25.6. The molecule has 1 aliphatic rings. The molecule has 7 heteroatoms. The van der Waals surface area contributed by atoms with E-state index in [0.717, 1.165) is 21.9 Å². The van der Waals surface area contributed by atoms with Gasteiger partial charge in [0.15, 0.2) is 0 Å². The monoisotopic (exact) mass is 569 g/mol. The Morgan fingerprint density at radius 3 is 2.45 bits per heavy atom. The Morgan fingerprint density at radius 1 is 0.976 bits per heavy atom. The summed E-state index contributed by atoms with van der Waals surface area (Å²) < 4.78 is 32.5. The number of nitrogens with zero attached hydrogens (tertiary/aromatic N) is 1. The molecule has 0 fully saturated rings. The maximum atomic E-state index is 15.3. The molecule has 42 heavy (non-hydrogen) atoms. The van der Waals surface area contributed by atoms with E-state index in [9.17, 15) is 9.59 Å². The smallest absolute Gasteiger partial charge is 0.410 e. The van der Waals surface area contributed by atoms with Crippen molar-refractivity contribution in [2.24, 2.45) is 0 Å². The predicted molar refractivity (Wildman–Crippen MR) is 160 cm³/mol. The van der Waals surface area contributed by atoms with Gasteiger partial charge in [0.2, 0.25) is 0 Å². The molecule has 0 aromatic heterocycles. The second-order valence-electron chi connectivity index (χ2n) is 11.7. The van der Waals surface area contributed by atoms with E-state index in [-0.39, 0.29) is 18.2 Å². The highest BCUT2D eigenvalue weighted by atomic mass is 19.1. The Bertz CT molecular complexity index is 1610. The number of methoxy groups -OCH3 is 1. The first-order chi connectivity index (χ1) is 20.1. The van der Waals surface area contributed by atoms with Crippen molar-refractivity contribution in [3.63, 3.8) is 0 Å². The molecule has 0 saturated heterocycles. The van der Waals surface area contributed by atoms with Gasteiger partial charge in [0, 0.05) is 11.5 Å². The summed E-state index contributed by atoms with van der Waals surface area (Å²) in [5.74, 6) is -0.745. The molecule has 0 spiro atoms. The number of carbonyl (C=O) groups excluding carboxylic acids is 2. The molecule has 3 atom stereocenters. The summed E-state index contributed by atoms with van der Waals surface area (Å²) in [4.78, 5) is 27.7. The SMILES string of the molecule is COC(=O)c1ccc(F)c(C2CC(CN(C(=O)OC(C)(C)C)C(C)c3cccc4ccccc34)Oc3ccccc32)c1. The maximum absolute atomic E-state index is 15.3. The van der Waals surface area contributed by atoms with Crippen LogP contribution in [0.3, 0.4) is 0 Å². The number of fused-ring (bicyclic) bond motifs is 2. The number of amides is 1. The highest BCUT2D eigenvalue weighted by molar-refractivity contribution is 5.89. The van der Waals surface area contributed by atoms with Gasteiger partial charge in [-0.15, -0.1) is 0 Å². The van der Waals surface area contributed by atoms with Crippen molar-refractivity contribution in [2.75, 3.05) is 13.7 Å². The Balaban J connectivity index is 1.53. The summed E-state index contributed by atoms with van der Waals surface area (Å²) >= 11 is 0. The maximum Gasteiger partial charge on any atom is 0.410 e. The average Bonchev–Trinajstić information content (AvgIpc) is 2.97. The number of rotatable bonds is 6. The van der Waals surface area contributed by atoms with Crippen molar-refractivity contribution in [3.8, 4) is 5.75 Å². The van der Waals surface area contributed by atoms with Crippen LogP contribution in [0.1, 0.15) is 73.1 Å². The van der Waals surface area contributed by atoms with Gasteiger partial charge < -0.3 is 14.2 Å². The molecule has 4 aromatic rings. The standard InChI is InChI=1S/C35H36FNO5/c1-22(26-15-10-12-23-11-6-7-13-27(23)26)37(34(39)42-35(2,3)4)21-25-20-29(28-14-8-9-16-32(28)41-25)30-19-24(33(38)40-5)17-18-31(30)36/h6-19,22,25,29H,20-21H2,1-5H3. The van der Waals surface area contributed by atoms with Crippen LogP contribution in [-0.2, 0) is 9.47 Å². The second kappa shape index (κ2) is 11.8. The molecule has 3 unspecified atom stereocenters. The minimum absolute atomic E-state index is 0.211. The normalized spacial score (nSPS) is 17.1. The third kappa shape index (κ3) is 6.10. The lowest BCUT2D eigenvalue weighted by Gasteiger charge is -2.38. The van der Waals surface area contributed by atoms with Gasteiger partial charge in [-0.2, -0.15) is 0 Å². The summed E-state index contributed by atoms with van der Waals surface area (Å²) in [7, 11) is 1.30. The molecule has 0 saturated carbocycles. The highest BCUT2D eigenvalue weighted by Gasteiger charge is 2.36. The van der Waals surface area contributed by atoms with Gasteiger partial charge in [0.25, 0.3) is 0 Å². The van der Waals surface area contributed by atoms with Crippen molar-refractivity contribution in [3.05, 3.63) is 113 Å². The van der Waals surface area contributed by atoms with Crippen molar-refractivity contribution >= 4 is 22.8 Å². The van der Waals surface area contributed by atoms with Crippen LogP contribution in [0.2, 0.25) is 0 Å². The number of para-hydroxylation sites is 1. The lowest BCUT2D eigenvalue weighted by Crippen LogP contribution is -2.45. The zero-order valence-electron chi connectivity index (χ0n) is 24.6. The Labute approximate surface area is 246 Å². The lowest BCUT2D eigenvalue weighted by atomic mass is 9.83. The molecular formula is C35H36FNO5. The van der Waals surface area contributed by atoms with Crippen molar-refractivity contribution in [1.29, 1.82) is 0 Å². The lowest BCUT2D eigenvalue weighted by molar-refractivity contribution is 0.00565. The van der Waals surface area contributed by atoms with Gasteiger partial charge in [-0.1, -0.05) is 60.7 Å². The zero-order valence-corrected chi connectivity index (χ0v) is 24.6. The van der Waals surface area contributed by atoms with Crippen LogP contribution >= 0.6 is 0 Å². The van der Waals surface area contributed by atoms with Crippen LogP contribution in [0.4, 0.5) is 9.18 Å². The fraction of sp³-hybridized carbons (Fsp3) is 0.314. The van der Waals surface area contributed by atoms with Gasteiger partial charge in [-0.05, 0) is 80.3 Å². The quantitative estimate of drug-likeness (QED) is 0.220. The molecule has 1 aliphatic heterocycles. The summed E-state index contributed by atoms with van der Waals surface area (Å²) in [6.45, 7) is 7.71. The fourth-order valence-electron chi connectivity index (χ4n) is 5.67. The molecule has 4 aromatic carbocycles. The van der Waals surface area contributed by atoms with Crippen LogP contribution < -0.4 is 4.74 Å². The molecule has 1 heterocycles. The minimum atomic E-state index is -0.701. The highest BCUT2D eigenvalue weighted by Crippen LogP contribution is 2.42. The largest absolute Gasteiger partial charge is 0.488 e. The van der Waals surface area contributed by atoms with Gasteiger partial charge in [0.1, 0.15) is 23.3 Å². The van der Waals surface area contributed by atoms with Crippen molar-refractivity contribution < 1.29 is 28.2 Å². The molecule has 6 nitrogen and oxygen atoms in total. The third-order valence-electron chi connectivity index (χ3n) is 7.65. The molecule has 0 bridgehead atoms. The van der Waals surface area contributed by atoms with Gasteiger partial charge in [-0.25, -0.2) is 14.0 Å². The molecule has 0 aliphatic carbocycles. The first-order valence-corrected chi connectivity index (χ1v) is 14.2. The summed E-state index contributed by atoms with van der Waals surface area (Å²) in [5, 5.41) is 2.13.